The number of benzene rings is 1. The van der Waals surface area contributed by atoms with Crippen molar-refractivity contribution in [1.29, 1.82) is 0 Å². The van der Waals surface area contributed by atoms with E-state index in [1.165, 1.54) is 0 Å². The average Bonchev–Trinajstić information content (AvgIpc) is 2.98. The Labute approximate surface area is 117 Å². The second-order valence-electron chi connectivity index (χ2n) is 5.70. The van der Waals surface area contributed by atoms with Gasteiger partial charge < -0.3 is 10.1 Å². The lowest BCUT2D eigenvalue weighted by molar-refractivity contribution is 0.412. The molecule has 3 rings (SSSR count). The number of aliphatic imine (C=N–C) groups is 1. The molecule has 1 heterocycles. The van der Waals surface area contributed by atoms with Crippen molar-refractivity contribution in [1.82, 2.24) is 4.98 Å². The van der Waals surface area contributed by atoms with Gasteiger partial charge in [-0.3, -0.25) is 0 Å². The van der Waals surface area contributed by atoms with Crippen molar-refractivity contribution in [2.45, 2.75) is 45.1 Å². The minimum Gasteiger partial charge on any atom is -0.507 e. The van der Waals surface area contributed by atoms with E-state index in [0.29, 0.717) is 0 Å². The van der Waals surface area contributed by atoms with E-state index in [0.717, 1.165) is 53.4 Å². The van der Waals surface area contributed by atoms with Gasteiger partial charge in [-0.1, -0.05) is 18.9 Å². The predicted octanol–water partition coefficient (Wildman–Crippen LogP) is 3.60. The van der Waals surface area contributed by atoms with Crippen LogP contribution in [0.25, 0.3) is 10.9 Å². The Hall–Kier alpha value is -2.06. The number of nitrogens with one attached hydrogen (secondary N) is 1. The molecule has 0 amide bonds. The number of aromatic hydroxyl groups is 1. The topological polar surface area (TPSA) is 65.5 Å². The lowest BCUT2D eigenvalue weighted by Crippen LogP contribution is -2.19. The van der Waals surface area contributed by atoms with Gasteiger partial charge in [0.05, 0.1) is 0 Å². The fraction of sp³-hybridized carbons (Fsp3) is 0.438. The molecule has 0 radical (unpaired) electrons. The van der Waals surface area contributed by atoms with Crippen molar-refractivity contribution in [3.05, 3.63) is 29.0 Å². The first-order valence-electron chi connectivity index (χ1n) is 6.99. The predicted molar refractivity (Wildman–Crippen MR) is 77.7 cm³/mol. The molecule has 2 aromatic rings. The number of phenolic OH excluding ortho intramolecular Hbond substituents is 1. The summed E-state index contributed by atoms with van der Waals surface area (Å²) in [4.78, 5) is 18.1. The summed E-state index contributed by atoms with van der Waals surface area (Å²) in [5.41, 5.74) is 3.18. The zero-order chi connectivity index (χ0) is 14.3. The van der Waals surface area contributed by atoms with Crippen LogP contribution in [0.5, 0.6) is 5.75 Å². The fourth-order valence-electron chi connectivity index (χ4n) is 3.42. The van der Waals surface area contributed by atoms with Gasteiger partial charge in [-0.15, -0.1) is 0 Å². The first-order valence-corrected chi connectivity index (χ1v) is 6.99. The monoisotopic (exact) mass is 270 g/mol. The van der Waals surface area contributed by atoms with Crippen molar-refractivity contribution < 1.29 is 9.90 Å². The highest BCUT2D eigenvalue weighted by atomic mass is 16.3. The molecule has 20 heavy (non-hydrogen) atoms. The summed E-state index contributed by atoms with van der Waals surface area (Å²) in [6.45, 7) is 3.98. The van der Waals surface area contributed by atoms with Crippen LogP contribution in [-0.2, 0) is 10.3 Å². The van der Waals surface area contributed by atoms with Gasteiger partial charge in [0.2, 0.25) is 6.08 Å². The Kier molecular flexibility index (Phi) is 2.91. The number of isocyanates is 1. The van der Waals surface area contributed by atoms with Crippen molar-refractivity contribution in [3.63, 3.8) is 0 Å². The average molecular weight is 270 g/mol. The zero-order valence-electron chi connectivity index (χ0n) is 11.8. The molecule has 1 aromatic heterocycles. The molecule has 1 aliphatic rings. The number of phenols is 1. The van der Waals surface area contributed by atoms with Crippen LogP contribution in [0.1, 0.15) is 42.5 Å². The summed E-state index contributed by atoms with van der Waals surface area (Å²) in [5, 5.41) is 11.5. The van der Waals surface area contributed by atoms with Crippen LogP contribution in [0, 0.1) is 13.8 Å². The summed E-state index contributed by atoms with van der Waals surface area (Å²) in [7, 11) is 0. The molecule has 0 bridgehead atoms. The zero-order valence-corrected chi connectivity index (χ0v) is 11.8. The quantitative estimate of drug-likeness (QED) is 0.647. The molecule has 2 N–H and O–H groups in total. The Morgan fingerprint density at radius 2 is 2.00 bits per heavy atom. The number of carbonyl (C=O) groups excluding carboxylic acids is 1. The lowest BCUT2D eigenvalue weighted by atomic mass is 9.87. The molecule has 104 valence electrons. The number of nitrogens with zero attached hydrogens (tertiary/aromatic N) is 1. The number of H-pyrrole nitrogens is 1. The Morgan fingerprint density at radius 1 is 1.30 bits per heavy atom. The molecular weight excluding hydrogens is 252 g/mol. The lowest BCUT2D eigenvalue weighted by Gasteiger charge is -2.24. The number of aromatic amines is 1. The van der Waals surface area contributed by atoms with Gasteiger partial charge in [0.25, 0.3) is 0 Å². The fourth-order valence-corrected chi connectivity index (χ4v) is 3.42. The first kappa shape index (κ1) is 12.9. The maximum atomic E-state index is 10.8. The smallest absolute Gasteiger partial charge is 0.235 e. The molecule has 0 spiro atoms. The minimum atomic E-state index is -0.586. The largest absolute Gasteiger partial charge is 0.507 e. The van der Waals surface area contributed by atoms with Crippen molar-refractivity contribution in [3.8, 4) is 5.75 Å². The summed E-state index contributed by atoms with van der Waals surface area (Å²) in [6.07, 6.45) is 5.33. The molecule has 1 fully saturated rings. The van der Waals surface area contributed by atoms with Crippen LogP contribution in [0.15, 0.2) is 17.1 Å². The van der Waals surface area contributed by atoms with Gasteiger partial charge in [-0.25, -0.2) is 4.79 Å². The minimum absolute atomic E-state index is 0.255. The third-order valence-corrected chi connectivity index (χ3v) is 4.63. The number of rotatable bonds is 2. The van der Waals surface area contributed by atoms with Crippen molar-refractivity contribution in [2.75, 3.05) is 0 Å². The van der Waals surface area contributed by atoms with Crippen LogP contribution in [-0.4, -0.2) is 16.2 Å². The van der Waals surface area contributed by atoms with Crippen LogP contribution >= 0.6 is 0 Å². The van der Waals surface area contributed by atoms with E-state index in [1.807, 2.05) is 26.0 Å². The Balaban J connectivity index is 2.28. The molecule has 0 unspecified atom stereocenters. The number of hydrogen-bond acceptors (Lipinski definition) is 3. The van der Waals surface area contributed by atoms with E-state index in [9.17, 15) is 9.90 Å². The van der Waals surface area contributed by atoms with E-state index in [2.05, 4.69) is 9.98 Å². The summed E-state index contributed by atoms with van der Waals surface area (Å²) < 4.78 is 0. The van der Waals surface area contributed by atoms with E-state index >= 15 is 0 Å². The van der Waals surface area contributed by atoms with E-state index in [4.69, 9.17) is 0 Å². The molecule has 4 heteroatoms. The summed E-state index contributed by atoms with van der Waals surface area (Å²) in [6, 6.07) is 3.85. The standard InChI is InChI=1S/C16H18N2O2/c1-10-11(2)18-13-6-5-12(15(20)14(10)13)16(17-9-19)7-3-4-8-16/h5-6,18,20H,3-4,7-8H2,1-2H3. The van der Waals surface area contributed by atoms with E-state index in [-0.39, 0.29) is 5.75 Å². The number of aryl methyl sites for hydroxylation is 2. The maximum absolute atomic E-state index is 10.8. The second-order valence-corrected chi connectivity index (χ2v) is 5.70. The van der Waals surface area contributed by atoms with Crippen LogP contribution in [0.4, 0.5) is 0 Å². The highest BCUT2D eigenvalue weighted by Gasteiger charge is 2.38. The van der Waals surface area contributed by atoms with Gasteiger partial charge in [-0.05, 0) is 38.3 Å². The van der Waals surface area contributed by atoms with Gasteiger partial charge in [0.15, 0.2) is 0 Å². The van der Waals surface area contributed by atoms with Gasteiger partial charge in [0, 0.05) is 22.2 Å². The molecule has 0 aliphatic heterocycles. The molecule has 0 atom stereocenters. The number of fused-ring (bicyclic) bond motifs is 1. The second kappa shape index (κ2) is 4.50. The molecule has 1 saturated carbocycles. The third kappa shape index (κ3) is 1.69. The molecular formula is C16H18N2O2. The molecule has 1 aromatic carbocycles. The Bertz CT molecular complexity index is 718. The molecule has 1 aliphatic carbocycles. The normalized spacial score (nSPS) is 17.3. The summed E-state index contributed by atoms with van der Waals surface area (Å²) >= 11 is 0. The summed E-state index contributed by atoms with van der Waals surface area (Å²) in [5.74, 6) is 0.255. The number of aromatic nitrogens is 1. The van der Waals surface area contributed by atoms with Gasteiger partial charge in [0.1, 0.15) is 11.3 Å². The Morgan fingerprint density at radius 3 is 2.65 bits per heavy atom. The molecule has 4 nitrogen and oxygen atoms in total. The van der Waals surface area contributed by atoms with Crippen molar-refractivity contribution >= 4 is 17.0 Å². The highest BCUT2D eigenvalue weighted by molar-refractivity contribution is 5.91. The van der Waals surface area contributed by atoms with Crippen LogP contribution in [0.3, 0.4) is 0 Å². The molecule has 0 saturated heterocycles. The van der Waals surface area contributed by atoms with Crippen LogP contribution in [0.2, 0.25) is 0 Å². The first-order chi connectivity index (χ1) is 9.59. The number of hydrogen-bond donors (Lipinski definition) is 2. The van der Waals surface area contributed by atoms with Crippen molar-refractivity contribution in [2.24, 2.45) is 4.99 Å². The SMILES string of the molecule is Cc1[nH]c2ccc(C3(N=C=O)CCCC3)c(O)c2c1C. The maximum Gasteiger partial charge on any atom is 0.235 e. The van der Waals surface area contributed by atoms with Gasteiger partial charge >= 0.3 is 0 Å². The third-order valence-electron chi connectivity index (χ3n) is 4.63. The van der Waals surface area contributed by atoms with Gasteiger partial charge in [-0.2, -0.15) is 4.99 Å². The highest BCUT2D eigenvalue weighted by Crippen LogP contribution is 2.47. The van der Waals surface area contributed by atoms with E-state index < -0.39 is 5.54 Å². The van der Waals surface area contributed by atoms with E-state index in [1.54, 1.807) is 6.08 Å². The van der Waals surface area contributed by atoms with Crippen LogP contribution < -0.4 is 0 Å².